The van der Waals surface area contributed by atoms with Crippen LogP contribution in [0.3, 0.4) is 0 Å². The summed E-state index contributed by atoms with van der Waals surface area (Å²) in [5.74, 6) is 2.12. The predicted molar refractivity (Wildman–Crippen MR) is 86.4 cm³/mol. The van der Waals surface area contributed by atoms with Gasteiger partial charge in [0.25, 0.3) is 0 Å². The second-order valence-electron chi connectivity index (χ2n) is 6.14. The normalized spacial score (nSPS) is 11.2. The number of hydrogen-bond acceptors (Lipinski definition) is 5. The molecule has 6 nitrogen and oxygen atoms in total. The van der Waals surface area contributed by atoms with E-state index in [-0.39, 0.29) is 11.3 Å². The molecule has 1 rings (SSSR count). The van der Waals surface area contributed by atoms with Gasteiger partial charge in [-0.05, 0) is 12.8 Å². The Labute approximate surface area is 126 Å². The standard InChI is InChI=1S/C15H27N5O/c1-5-8-17-12-10-13(18-9-6-7-11(16)21)20-14(19-12)15(2,3)4/h10H,5-9H2,1-4H3,(H2,16,21)(H2,17,18,19,20). The second-order valence-corrected chi connectivity index (χ2v) is 6.14. The summed E-state index contributed by atoms with van der Waals surface area (Å²) in [5, 5.41) is 6.52. The quantitative estimate of drug-likeness (QED) is 0.639. The van der Waals surface area contributed by atoms with E-state index in [9.17, 15) is 4.79 Å². The van der Waals surface area contributed by atoms with Gasteiger partial charge < -0.3 is 16.4 Å². The first-order valence-corrected chi connectivity index (χ1v) is 7.48. The fourth-order valence-electron chi connectivity index (χ4n) is 1.70. The van der Waals surface area contributed by atoms with Crippen molar-refractivity contribution in [1.29, 1.82) is 0 Å². The minimum absolute atomic E-state index is 0.118. The van der Waals surface area contributed by atoms with Gasteiger partial charge in [0.15, 0.2) is 0 Å². The maximum Gasteiger partial charge on any atom is 0.217 e. The van der Waals surface area contributed by atoms with Crippen LogP contribution in [0.15, 0.2) is 6.07 Å². The lowest BCUT2D eigenvalue weighted by molar-refractivity contribution is -0.118. The van der Waals surface area contributed by atoms with Crippen LogP contribution >= 0.6 is 0 Å². The maximum atomic E-state index is 10.7. The second kappa shape index (κ2) is 7.81. The lowest BCUT2D eigenvalue weighted by atomic mass is 9.96. The van der Waals surface area contributed by atoms with Gasteiger partial charge in [-0.3, -0.25) is 4.79 Å². The number of nitrogens with one attached hydrogen (secondary N) is 2. The molecule has 0 fully saturated rings. The summed E-state index contributed by atoms with van der Waals surface area (Å²) in [7, 11) is 0. The van der Waals surface area contributed by atoms with E-state index in [0.29, 0.717) is 19.4 Å². The number of aromatic nitrogens is 2. The number of nitrogens with two attached hydrogens (primary N) is 1. The summed E-state index contributed by atoms with van der Waals surface area (Å²) >= 11 is 0. The van der Waals surface area contributed by atoms with E-state index in [0.717, 1.165) is 30.4 Å². The van der Waals surface area contributed by atoms with Crippen molar-refractivity contribution in [3.63, 3.8) is 0 Å². The summed E-state index contributed by atoms with van der Waals surface area (Å²) in [5.41, 5.74) is 5.01. The van der Waals surface area contributed by atoms with Gasteiger partial charge in [0.05, 0.1) is 0 Å². The van der Waals surface area contributed by atoms with Gasteiger partial charge in [0.2, 0.25) is 5.91 Å². The van der Waals surface area contributed by atoms with Crippen LogP contribution in [0.4, 0.5) is 11.6 Å². The molecule has 0 radical (unpaired) electrons. The van der Waals surface area contributed by atoms with Crippen molar-refractivity contribution in [1.82, 2.24) is 9.97 Å². The smallest absolute Gasteiger partial charge is 0.217 e. The van der Waals surface area contributed by atoms with E-state index in [1.807, 2.05) is 6.07 Å². The predicted octanol–water partition coefficient (Wildman–Crippen LogP) is 2.27. The fourth-order valence-corrected chi connectivity index (χ4v) is 1.70. The zero-order valence-corrected chi connectivity index (χ0v) is 13.5. The Bertz CT molecular complexity index is 468. The highest BCUT2D eigenvalue weighted by Gasteiger charge is 2.19. The number of rotatable bonds is 8. The van der Waals surface area contributed by atoms with E-state index in [2.05, 4.69) is 48.3 Å². The summed E-state index contributed by atoms with van der Waals surface area (Å²) in [6, 6.07) is 1.90. The molecule has 0 unspecified atom stereocenters. The molecule has 6 heteroatoms. The van der Waals surface area contributed by atoms with Crippen LogP contribution in [0.1, 0.15) is 52.8 Å². The van der Waals surface area contributed by atoms with Crippen molar-refractivity contribution in [2.24, 2.45) is 5.73 Å². The molecule has 118 valence electrons. The van der Waals surface area contributed by atoms with Crippen molar-refractivity contribution < 1.29 is 4.79 Å². The highest BCUT2D eigenvalue weighted by atomic mass is 16.1. The summed E-state index contributed by atoms with van der Waals surface area (Å²) in [6.45, 7) is 9.91. The molecule has 0 atom stereocenters. The van der Waals surface area contributed by atoms with Gasteiger partial charge in [0.1, 0.15) is 17.5 Å². The van der Waals surface area contributed by atoms with E-state index in [1.165, 1.54) is 0 Å². The Morgan fingerprint density at radius 2 is 1.76 bits per heavy atom. The molecular formula is C15H27N5O. The Morgan fingerprint density at radius 3 is 2.24 bits per heavy atom. The molecule has 1 amide bonds. The molecule has 4 N–H and O–H groups in total. The van der Waals surface area contributed by atoms with E-state index in [1.54, 1.807) is 0 Å². The molecule has 21 heavy (non-hydrogen) atoms. The minimum atomic E-state index is -0.278. The lowest BCUT2D eigenvalue weighted by Crippen LogP contribution is -2.19. The molecule has 0 aliphatic heterocycles. The Hall–Kier alpha value is -1.85. The third-order valence-corrected chi connectivity index (χ3v) is 2.86. The number of amides is 1. The Balaban J connectivity index is 2.78. The van der Waals surface area contributed by atoms with Crippen LogP contribution in [0.2, 0.25) is 0 Å². The van der Waals surface area contributed by atoms with Crippen LogP contribution in [-0.2, 0) is 10.2 Å². The Morgan fingerprint density at radius 1 is 1.19 bits per heavy atom. The third kappa shape index (κ3) is 6.42. The van der Waals surface area contributed by atoms with Crippen molar-refractivity contribution in [2.75, 3.05) is 23.7 Å². The molecule has 0 bridgehead atoms. The Kier molecular flexibility index (Phi) is 6.39. The van der Waals surface area contributed by atoms with Crippen LogP contribution in [-0.4, -0.2) is 29.0 Å². The topological polar surface area (TPSA) is 92.9 Å². The number of carbonyl (C=O) groups is 1. The fraction of sp³-hybridized carbons (Fsp3) is 0.667. The number of primary amides is 1. The highest BCUT2D eigenvalue weighted by molar-refractivity contribution is 5.73. The molecule has 1 heterocycles. The first-order valence-electron chi connectivity index (χ1n) is 7.48. The molecule has 0 saturated carbocycles. The number of carbonyl (C=O) groups excluding carboxylic acids is 1. The first kappa shape index (κ1) is 17.2. The molecule has 1 aromatic rings. The van der Waals surface area contributed by atoms with Gasteiger partial charge >= 0.3 is 0 Å². The zero-order valence-electron chi connectivity index (χ0n) is 13.5. The molecule has 0 spiro atoms. The van der Waals surface area contributed by atoms with Crippen LogP contribution in [0.5, 0.6) is 0 Å². The van der Waals surface area contributed by atoms with Crippen molar-refractivity contribution in [3.8, 4) is 0 Å². The molecule has 0 saturated heterocycles. The molecule has 1 aromatic heterocycles. The molecule has 0 aliphatic rings. The number of nitrogens with zero attached hydrogens (tertiary/aromatic N) is 2. The number of hydrogen-bond donors (Lipinski definition) is 3. The average Bonchev–Trinajstić information content (AvgIpc) is 2.40. The highest BCUT2D eigenvalue weighted by Crippen LogP contribution is 2.22. The van der Waals surface area contributed by atoms with Gasteiger partial charge in [0, 0.05) is 31.0 Å². The van der Waals surface area contributed by atoms with E-state index >= 15 is 0 Å². The monoisotopic (exact) mass is 293 g/mol. The van der Waals surface area contributed by atoms with Gasteiger partial charge in [-0.2, -0.15) is 0 Å². The summed E-state index contributed by atoms with van der Waals surface area (Å²) in [6.07, 6.45) is 2.11. The summed E-state index contributed by atoms with van der Waals surface area (Å²) in [4.78, 5) is 19.8. The molecule has 0 aromatic carbocycles. The van der Waals surface area contributed by atoms with Gasteiger partial charge in [-0.15, -0.1) is 0 Å². The minimum Gasteiger partial charge on any atom is -0.370 e. The lowest BCUT2D eigenvalue weighted by Gasteiger charge is -2.19. The van der Waals surface area contributed by atoms with Gasteiger partial charge in [-0.1, -0.05) is 27.7 Å². The van der Waals surface area contributed by atoms with Crippen molar-refractivity contribution in [2.45, 2.75) is 52.4 Å². The van der Waals surface area contributed by atoms with Crippen LogP contribution < -0.4 is 16.4 Å². The van der Waals surface area contributed by atoms with E-state index < -0.39 is 0 Å². The number of anilines is 2. The largest absolute Gasteiger partial charge is 0.370 e. The van der Waals surface area contributed by atoms with Crippen molar-refractivity contribution >= 4 is 17.5 Å². The summed E-state index contributed by atoms with van der Waals surface area (Å²) < 4.78 is 0. The van der Waals surface area contributed by atoms with E-state index in [4.69, 9.17) is 5.73 Å². The molecular weight excluding hydrogens is 266 g/mol. The third-order valence-electron chi connectivity index (χ3n) is 2.86. The van der Waals surface area contributed by atoms with Crippen LogP contribution in [0, 0.1) is 0 Å². The zero-order chi connectivity index (χ0) is 15.9. The maximum absolute atomic E-state index is 10.7. The first-order chi connectivity index (χ1) is 9.82. The van der Waals surface area contributed by atoms with Crippen LogP contribution in [0.25, 0.3) is 0 Å². The molecule has 0 aliphatic carbocycles. The van der Waals surface area contributed by atoms with Gasteiger partial charge in [-0.25, -0.2) is 9.97 Å². The SMILES string of the molecule is CCCNc1cc(NCCCC(N)=O)nc(C(C)(C)C)n1. The van der Waals surface area contributed by atoms with Crippen molar-refractivity contribution in [3.05, 3.63) is 11.9 Å². The average molecular weight is 293 g/mol.